The summed E-state index contributed by atoms with van der Waals surface area (Å²) in [5.74, 6) is 0. The van der Waals surface area contributed by atoms with E-state index < -0.39 is 5.60 Å². The minimum Gasteiger partial charge on any atom is -0.469 e. The molecule has 1 fully saturated rings. The van der Waals surface area contributed by atoms with Gasteiger partial charge >= 0.3 is 6.09 Å². The van der Waals surface area contributed by atoms with Crippen molar-refractivity contribution in [2.75, 3.05) is 13.1 Å². The molecule has 0 aliphatic carbocycles. The van der Waals surface area contributed by atoms with Crippen molar-refractivity contribution in [2.24, 2.45) is 5.16 Å². The van der Waals surface area contributed by atoms with Crippen LogP contribution in [0.1, 0.15) is 33.6 Å². The monoisotopic (exact) mass is 215 g/mol. The van der Waals surface area contributed by atoms with Crippen LogP contribution in [0.5, 0.6) is 0 Å². The summed E-state index contributed by atoms with van der Waals surface area (Å²) < 4.78 is 5.25. The van der Waals surface area contributed by atoms with Crippen LogP contribution in [0.15, 0.2) is 5.16 Å². The third-order valence-electron chi connectivity index (χ3n) is 2.15. The van der Waals surface area contributed by atoms with Crippen LogP contribution >= 0.6 is 0 Å². The van der Waals surface area contributed by atoms with Crippen LogP contribution < -0.4 is 0 Å². The fourth-order valence-electron chi connectivity index (χ4n) is 1.39. The van der Waals surface area contributed by atoms with Gasteiger partial charge in [-0.2, -0.15) is 0 Å². The fourth-order valence-corrected chi connectivity index (χ4v) is 1.39. The van der Waals surface area contributed by atoms with Gasteiger partial charge in [0, 0.05) is 31.1 Å². The number of piperidine rings is 1. The molecule has 0 spiro atoms. The van der Waals surface area contributed by atoms with E-state index in [2.05, 4.69) is 5.16 Å². The van der Waals surface area contributed by atoms with E-state index in [9.17, 15) is 4.79 Å². The molecule has 1 saturated heterocycles. The summed E-state index contributed by atoms with van der Waals surface area (Å²) in [7, 11) is 0. The van der Waals surface area contributed by atoms with Crippen LogP contribution in [0.25, 0.3) is 0 Å². The zero-order valence-corrected chi connectivity index (χ0v) is 9.54. The maximum atomic E-state index is 11.6. The second-order valence-corrected chi connectivity index (χ2v) is 4.65. The van der Waals surface area contributed by atoms with Crippen LogP contribution in [0.2, 0.25) is 0 Å². The molecule has 0 aromatic heterocycles. The molecule has 2 N–H and O–H groups in total. The van der Waals surface area contributed by atoms with Crippen LogP contribution in [-0.2, 0) is 4.74 Å². The molecule has 1 aliphatic rings. The molecule has 86 valence electrons. The molecule has 0 radical (unpaired) electrons. The van der Waals surface area contributed by atoms with Crippen molar-refractivity contribution in [1.82, 2.24) is 4.90 Å². The van der Waals surface area contributed by atoms with Gasteiger partial charge in [0.05, 0.1) is 0 Å². The first-order chi connectivity index (χ1) is 6.92. The Morgan fingerprint density at radius 1 is 1.40 bits per heavy atom. The van der Waals surface area contributed by atoms with Crippen molar-refractivity contribution in [3.05, 3.63) is 0 Å². The van der Waals surface area contributed by atoms with Crippen LogP contribution in [-0.4, -0.2) is 40.6 Å². The zero-order valence-electron chi connectivity index (χ0n) is 9.54. The van der Waals surface area contributed by atoms with E-state index in [-0.39, 0.29) is 6.09 Å². The predicted molar refractivity (Wildman–Crippen MR) is 58.1 cm³/mol. The van der Waals surface area contributed by atoms with E-state index >= 15 is 0 Å². The van der Waals surface area contributed by atoms with Crippen molar-refractivity contribution in [3.8, 4) is 0 Å². The number of hydrogen-bond acceptors (Lipinski definition) is 3. The molecule has 1 heterocycles. The highest BCUT2D eigenvalue weighted by Crippen LogP contribution is 2.13. The van der Waals surface area contributed by atoms with Crippen molar-refractivity contribution in [1.29, 1.82) is 0 Å². The Balaban J connectivity index is 2.43. The molecule has 5 heteroatoms. The molecule has 0 saturated carbocycles. The Hall–Kier alpha value is -1.26. The molecule has 5 nitrogen and oxygen atoms in total. The van der Waals surface area contributed by atoms with Gasteiger partial charge in [0.25, 0.3) is 0 Å². The molecule has 0 bridgehead atoms. The Bertz CT molecular complexity index is 258. The van der Waals surface area contributed by atoms with Gasteiger partial charge in [0.2, 0.25) is 0 Å². The van der Waals surface area contributed by atoms with E-state index in [4.69, 9.17) is 9.94 Å². The van der Waals surface area contributed by atoms with Crippen LogP contribution in [0.4, 0.5) is 4.79 Å². The van der Waals surface area contributed by atoms with Crippen LogP contribution in [0.3, 0.4) is 0 Å². The number of likely N-dealkylation sites (tertiary alicyclic amines) is 1. The third kappa shape index (κ3) is 3.77. The van der Waals surface area contributed by atoms with E-state index in [1.54, 1.807) is 4.90 Å². The number of nitrogens with zero attached hydrogens (tertiary/aromatic N) is 2. The first-order valence-electron chi connectivity index (χ1n) is 5.12. The van der Waals surface area contributed by atoms with E-state index in [0.717, 1.165) is 5.71 Å². The van der Waals surface area contributed by atoms with Crippen molar-refractivity contribution in [3.63, 3.8) is 0 Å². The average molecular weight is 215 g/mol. The minimum absolute atomic E-state index is 0.272. The van der Waals surface area contributed by atoms with Gasteiger partial charge in [-0.3, -0.25) is 0 Å². The summed E-state index contributed by atoms with van der Waals surface area (Å²) in [6.45, 7) is 6.77. The predicted octanol–water partition coefficient (Wildman–Crippen LogP) is 1.10. The molecule has 0 unspecified atom stereocenters. The summed E-state index contributed by atoms with van der Waals surface area (Å²) in [5, 5.41) is 10.3. The van der Waals surface area contributed by atoms with Gasteiger partial charge in [-0.05, 0) is 20.8 Å². The molecular weight excluding hydrogens is 196 g/mol. The van der Waals surface area contributed by atoms with Crippen LogP contribution in [0, 0.1) is 0 Å². The number of amides is 1. The second-order valence-electron chi connectivity index (χ2n) is 4.65. The van der Waals surface area contributed by atoms with E-state index in [1.165, 1.54) is 0 Å². The first-order valence-corrected chi connectivity index (χ1v) is 5.12. The minimum atomic E-state index is -0.444. The van der Waals surface area contributed by atoms with Gasteiger partial charge in [-0.25, -0.2) is 4.79 Å². The highest BCUT2D eigenvalue weighted by Gasteiger charge is 2.25. The third-order valence-corrected chi connectivity index (χ3v) is 2.15. The maximum absolute atomic E-state index is 11.6. The highest BCUT2D eigenvalue weighted by atomic mass is 16.6. The molecule has 0 aromatic carbocycles. The van der Waals surface area contributed by atoms with E-state index in [1.807, 2.05) is 20.8 Å². The Kier molecular flexibility index (Phi) is 3.55. The summed E-state index contributed by atoms with van der Waals surface area (Å²) in [6, 6.07) is 0. The van der Waals surface area contributed by atoms with Crippen molar-refractivity contribution in [2.45, 2.75) is 39.2 Å². The van der Waals surface area contributed by atoms with Gasteiger partial charge in [-0.1, -0.05) is 0 Å². The lowest BCUT2D eigenvalue weighted by molar-refractivity contribution is 0.0248. The number of ether oxygens (including phenoxy) is 1. The zero-order chi connectivity index (χ0) is 11.5. The summed E-state index contributed by atoms with van der Waals surface area (Å²) >= 11 is 0. The van der Waals surface area contributed by atoms with Gasteiger partial charge in [0.1, 0.15) is 11.3 Å². The number of carbonyl (C=O) groups is 1. The number of hydrogen-bond donors (Lipinski definition) is 0. The lowest BCUT2D eigenvalue weighted by Gasteiger charge is -2.29. The topological polar surface area (TPSA) is 64.8 Å². The lowest BCUT2D eigenvalue weighted by Crippen LogP contribution is -2.41. The molecule has 1 aliphatic heterocycles. The molecule has 15 heavy (non-hydrogen) atoms. The standard InChI is InChI=1S/C10H18N2O3/c1-10(2,3)15-9(13)12-6-4-8(11-14)5-7-12/h14H,4-7H2,1-3H3/p+1. The number of rotatable bonds is 0. The van der Waals surface area contributed by atoms with Gasteiger partial charge in [-0.15, -0.1) is 0 Å². The average Bonchev–Trinajstić information content (AvgIpc) is 2.15. The lowest BCUT2D eigenvalue weighted by atomic mass is 10.1. The summed E-state index contributed by atoms with van der Waals surface area (Å²) in [4.78, 5) is 13.3. The molecule has 0 aromatic rings. The summed E-state index contributed by atoms with van der Waals surface area (Å²) in [5.41, 5.74) is 0.413. The quantitative estimate of drug-likeness (QED) is 0.448. The van der Waals surface area contributed by atoms with Gasteiger partial charge < -0.3 is 14.8 Å². The molecule has 1 amide bonds. The smallest absolute Gasteiger partial charge is 0.410 e. The van der Waals surface area contributed by atoms with Crippen molar-refractivity contribution < 1.29 is 14.7 Å². The first kappa shape index (κ1) is 11.8. The highest BCUT2D eigenvalue weighted by molar-refractivity contribution is 5.86. The molecule has 1 rings (SSSR count). The molecular formula is C10H19N2O3+. The van der Waals surface area contributed by atoms with Gasteiger partial charge in [0.15, 0.2) is 0 Å². The SMILES string of the molecule is CC(C)(C)OC(=O)N1CCC(=N[OH2+])CC1. The Labute approximate surface area is 89.7 Å². The van der Waals surface area contributed by atoms with Crippen molar-refractivity contribution >= 4 is 11.8 Å². The fraction of sp³-hybridized carbons (Fsp3) is 0.800. The Morgan fingerprint density at radius 3 is 2.33 bits per heavy atom. The number of carbonyl (C=O) groups excluding carboxylic acids is 1. The normalized spacial score (nSPS) is 17.5. The largest absolute Gasteiger partial charge is 0.469 e. The second kappa shape index (κ2) is 4.51. The molecule has 0 atom stereocenters. The summed E-state index contributed by atoms with van der Waals surface area (Å²) in [6.07, 6.45) is 1.09. The van der Waals surface area contributed by atoms with E-state index in [0.29, 0.717) is 25.9 Å². The Morgan fingerprint density at radius 2 is 1.93 bits per heavy atom. The maximum Gasteiger partial charge on any atom is 0.410 e.